The van der Waals surface area contributed by atoms with Crippen LogP contribution >= 0.6 is 0 Å². The van der Waals surface area contributed by atoms with Gasteiger partial charge in [-0.3, -0.25) is 9.10 Å². The van der Waals surface area contributed by atoms with Crippen molar-refractivity contribution in [1.82, 2.24) is 0 Å². The molecule has 0 radical (unpaired) electrons. The molecule has 1 amide bonds. The third-order valence-corrected chi connectivity index (χ3v) is 5.77. The lowest BCUT2D eigenvalue weighted by Gasteiger charge is -2.22. The van der Waals surface area contributed by atoms with Gasteiger partial charge in [-0.15, -0.1) is 0 Å². The van der Waals surface area contributed by atoms with Crippen molar-refractivity contribution >= 4 is 27.3 Å². The Bertz CT molecular complexity index is 877. The Hall–Kier alpha value is -2.54. The normalized spacial score (nSPS) is 11.3. The number of amides is 1. The van der Waals surface area contributed by atoms with Gasteiger partial charge in [0.25, 0.3) is 5.91 Å². The predicted octanol–water partition coefficient (Wildman–Crippen LogP) is 3.90. The van der Waals surface area contributed by atoms with Crippen LogP contribution in [0.3, 0.4) is 0 Å². The molecular formula is C20H26N2O4S. The number of benzene rings is 2. The summed E-state index contributed by atoms with van der Waals surface area (Å²) in [7, 11) is -3.35. The molecule has 2 rings (SSSR count). The van der Waals surface area contributed by atoms with E-state index < -0.39 is 10.0 Å². The van der Waals surface area contributed by atoms with Crippen LogP contribution in [-0.2, 0) is 10.0 Å². The molecule has 0 heterocycles. The Morgan fingerprint density at radius 2 is 1.70 bits per heavy atom. The smallest absolute Gasteiger partial charge is 0.255 e. The summed E-state index contributed by atoms with van der Waals surface area (Å²) >= 11 is 0. The number of anilines is 2. The number of nitrogens with zero attached hydrogens (tertiary/aromatic N) is 1. The second-order valence-electron chi connectivity index (χ2n) is 6.23. The molecule has 0 spiro atoms. The molecule has 1 N–H and O–H groups in total. The first-order valence-corrected chi connectivity index (χ1v) is 10.6. The maximum absolute atomic E-state index is 12.6. The van der Waals surface area contributed by atoms with Gasteiger partial charge in [-0.1, -0.05) is 12.1 Å². The topological polar surface area (TPSA) is 75.7 Å². The third-order valence-electron chi connectivity index (χ3n) is 3.90. The molecule has 0 saturated carbocycles. The van der Waals surface area contributed by atoms with Gasteiger partial charge in [-0.2, -0.15) is 0 Å². The van der Waals surface area contributed by atoms with E-state index >= 15 is 0 Å². The molecule has 2 aromatic carbocycles. The number of rotatable bonds is 8. The molecule has 0 aliphatic rings. The molecule has 0 aliphatic carbocycles. The Labute approximate surface area is 161 Å². The summed E-state index contributed by atoms with van der Waals surface area (Å²) in [6.45, 7) is 7.56. The molecular weight excluding hydrogens is 364 g/mol. The molecule has 27 heavy (non-hydrogen) atoms. The van der Waals surface area contributed by atoms with Crippen LogP contribution < -0.4 is 14.4 Å². The van der Waals surface area contributed by atoms with E-state index in [2.05, 4.69) is 5.32 Å². The Morgan fingerprint density at radius 1 is 1.07 bits per heavy atom. The van der Waals surface area contributed by atoms with Gasteiger partial charge in [0.05, 0.1) is 23.2 Å². The van der Waals surface area contributed by atoms with Gasteiger partial charge in [0.1, 0.15) is 5.75 Å². The highest BCUT2D eigenvalue weighted by Gasteiger charge is 2.19. The Kier molecular flexibility index (Phi) is 6.85. The maximum atomic E-state index is 12.6. The van der Waals surface area contributed by atoms with E-state index in [1.807, 2.05) is 26.0 Å². The standard InChI is InChI=1S/C20H26N2O4S/c1-5-22(27(24,25)6-2)17-13-11-16(12-14-17)20(23)21-18-9-7-8-10-19(18)26-15(3)4/h7-15H,5-6H2,1-4H3,(H,21,23). The van der Waals surface area contributed by atoms with Gasteiger partial charge < -0.3 is 10.1 Å². The van der Waals surface area contributed by atoms with Crippen molar-refractivity contribution in [3.63, 3.8) is 0 Å². The molecule has 2 aromatic rings. The van der Waals surface area contributed by atoms with Gasteiger partial charge in [0.2, 0.25) is 10.0 Å². The summed E-state index contributed by atoms with van der Waals surface area (Å²) in [5.41, 5.74) is 1.56. The van der Waals surface area contributed by atoms with Crippen molar-refractivity contribution in [2.24, 2.45) is 0 Å². The average Bonchev–Trinajstić information content (AvgIpc) is 2.64. The maximum Gasteiger partial charge on any atom is 0.255 e. The number of carbonyl (C=O) groups excluding carboxylic acids is 1. The van der Waals surface area contributed by atoms with E-state index in [4.69, 9.17) is 4.74 Å². The minimum absolute atomic E-state index is 0.0112. The molecule has 7 heteroatoms. The van der Waals surface area contributed by atoms with Gasteiger partial charge in [0.15, 0.2) is 0 Å². The van der Waals surface area contributed by atoms with E-state index in [9.17, 15) is 13.2 Å². The number of para-hydroxylation sites is 2. The number of hydrogen-bond donors (Lipinski definition) is 1. The summed E-state index contributed by atoms with van der Waals surface area (Å²) in [6.07, 6.45) is -0.0112. The number of ether oxygens (including phenoxy) is 1. The van der Waals surface area contributed by atoms with Gasteiger partial charge in [-0.25, -0.2) is 8.42 Å². The summed E-state index contributed by atoms with van der Waals surface area (Å²) in [5.74, 6) is 0.335. The van der Waals surface area contributed by atoms with Gasteiger partial charge in [-0.05, 0) is 64.1 Å². The number of nitrogens with one attached hydrogen (secondary N) is 1. The second-order valence-corrected chi connectivity index (χ2v) is 8.41. The van der Waals surface area contributed by atoms with Crippen LogP contribution in [0.5, 0.6) is 5.75 Å². The summed E-state index contributed by atoms with van der Waals surface area (Å²) in [6, 6.07) is 13.7. The highest BCUT2D eigenvalue weighted by molar-refractivity contribution is 7.92. The largest absolute Gasteiger partial charge is 0.489 e. The lowest BCUT2D eigenvalue weighted by Crippen LogP contribution is -2.32. The molecule has 0 saturated heterocycles. The van der Waals surface area contributed by atoms with Crippen LogP contribution in [0, 0.1) is 0 Å². The van der Waals surface area contributed by atoms with Crippen molar-refractivity contribution in [3.05, 3.63) is 54.1 Å². The van der Waals surface area contributed by atoms with Crippen molar-refractivity contribution < 1.29 is 17.9 Å². The highest BCUT2D eigenvalue weighted by atomic mass is 32.2. The zero-order valence-corrected chi connectivity index (χ0v) is 16.9. The Morgan fingerprint density at radius 3 is 2.26 bits per heavy atom. The van der Waals surface area contributed by atoms with Crippen molar-refractivity contribution in [2.45, 2.75) is 33.8 Å². The monoisotopic (exact) mass is 390 g/mol. The molecule has 0 atom stereocenters. The average molecular weight is 391 g/mol. The molecule has 146 valence electrons. The third kappa shape index (κ3) is 5.23. The van der Waals surface area contributed by atoms with Crippen molar-refractivity contribution in [2.75, 3.05) is 21.9 Å². The summed E-state index contributed by atoms with van der Waals surface area (Å²) in [5, 5.41) is 2.84. The van der Waals surface area contributed by atoms with E-state index in [0.717, 1.165) is 0 Å². The van der Waals surface area contributed by atoms with Crippen LogP contribution in [-0.4, -0.2) is 32.7 Å². The molecule has 0 unspecified atom stereocenters. The fraction of sp³-hybridized carbons (Fsp3) is 0.350. The quantitative estimate of drug-likeness (QED) is 0.742. The first-order valence-electron chi connectivity index (χ1n) is 8.96. The van der Waals surface area contributed by atoms with E-state index in [-0.39, 0.29) is 17.8 Å². The summed E-state index contributed by atoms with van der Waals surface area (Å²) in [4.78, 5) is 12.6. The van der Waals surface area contributed by atoms with Crippen molar-refractivity contribution in [1.29, 1.82) is 0 Å². The van der Waals surface area contributed by atoms with E-state index in [1.54, 1.807) is 50.2 Å². The fourth-order valence-corrected chi connectivity index (χ4v) is 3.74. The molecule has 0 fully saturated rings. The zero-order chi connectivity index (χ0) is 20.0. The van der Waals surface area contributed by atoms with Crippen molar-refractivity contribution in [3.8, 4) is 5.75 Å². The number of carbonyl (C=O) groups is 1. The van der Waals surface area contributed by atoms with Crippen LogP contribution in [0.25, 0.3) is 0 Å². The van der Waals surface area contributed by atoms with Crippen LogP contribution in [0.15, 0.2) is 48.5 Å². The minimum Gasteiger partial charge on any atom is -0.489 e. The lowest BCUT2D eigenvalue weighted by atomic mass is 10.2. The molecule has 0 bridgehead atoms. The highest BCUT2D eigenvalue weighted by Crippen LogP contribution is 2.26. The first kappa shape index (κ1) is 20.8. The Balaban J connectivity index is 2.19. The minimum atomic E-state index is -3.35. The van der Waals surface area contributed by atoms with Gasteiger partial charge >= 0.3 is 0 Å². The van der Waals surface area contributed by atoms with E-state index in [0.29, 0.717) is 29.2 Å². The van der Waals surface area contributed by atoms with Gasteiger partial charge in [0, 0.05) is 12.1 Å². The fourth-order valence-electron chi connectivity index (χ4n) is 2.60. The zero-order valence-electron chi connectivity index (χ0n) is 16.1. The second kappa shape index (κ2) is 8.90. The van der Waals surface area contributed by atoms with E-state index in [1.165, 1.54) is 4.31 Å². The molecule has 0 aliphatic heterocycles. The van der Waals surface area contributed by atoms with Crippen LogP contribution in [0.2, 0.25) is 0 Å². The lowest BCUT2D eigenvalue weighted by molar-refractivity contribution is 0.102. The number of sulfonamides is 1. The van der Waals surface area contributed by atoms with Crippen LogP contribution in [0.1, 0.15) is 38.1 Å². The summed E-state index contributed by atoms with van der Waals surface area (Å²) < 4.78 is 31.3. The predicted molar refractivity (Wildman–Crippen MR) is 109 cm³/mol. The number of hydrogen-bond acceptors (Lipinski definition) is 4. The first-order chi connectivity index (χ1) is 12.8. The van der Waals surface area contributed by atoms with Crippen LogP contribution in [0.4, 0.5) is 11.4 Å². The molecule has 6 nitrogen and oxygen atoms in total. The SMILES string of the molecule is CCN(c1ccc(C(=O)Nc2ccccc2OC(C)C)cc1)S(=O)(=O)CC. The molecule has 0 aromatic heterocycles.